The van der Waals surface area contributed by atoms with Crippen LogP contribution >= 0.6 is 0 Å². The molecule has 9 nitrogen and oxygen atoms in total. The van der Waals surface area contributed by atoms with Crippen LogP contribution in [0.1, 0.15) is 17.2 Å². The van der Waals surface area contributed by atoms with Gasteiger partial charge < -0.3 is 9.47 Å². The minimum Gasteiger partial charge on any atom is -0.452 e. The quantitative estimate of drug-likeness (QED) is 0.594. The monoisotopic (exact) mass is 310 g/mol. The molecular weight excluding hydrogens is 292 g/mol. The maximum absolute atomic E-state index is 12.1. The molecule has 4 N–H and O–H groups in total. The molecule has 0 radical (unpaired) electrons. The van der Waals surface area contributed by atoms with Crippen LogP contribution < -0.4 is 21.7 Å². The molecule has 1 unspecified atom stereocenters. The summed E-state index contributed by atoms with van der Waals surface area (Å²) in [5.74, 6) is -0.606. The topological polar surface area (TPSA) is 118 Å². The molecule has 0 fully saturated rings. The Morgan fingerprint density at radius 3 is 2.00 bits per heavy atom. The Hall–Kier alpha value is -2.81. The molecule has 0 spiro atoms. The van der Waals surface area contributed by atoms with Gasteiger partial charge in [0.15, 0.2) is 0 Å². The van der Waals surface area contributed by atoms with Gasteiger partial charge in [-0.05, 0) is 12.5 Å². The van der Waals surface area contributed by atoms with E-state index in [-0.39, 0.29) is 0 Å². The summed E-state index contributed by atoms with van der Waals surface area (Å²) in [5, 5.41) is 0. The summed E-state index contributed by atoms with van der Waals surface area (Å²) in [6.07, 6.45) is -1.58. The number of carbonyl (C=O) groups is 3. The van der Waals surface area contributed by atoms with E-state index in [1.165, 1.54) is 7.11 Å². The van der Waals surface area contributed by atoms with Crippen molar-refractivity contribution in [2.75, 3.05) is 14.2 Å². The minimum atomic E-state index is -0.947. The van der Waals surface area contributed by atoms with Gasteiger partial charge in [-0.3, -0.25) is 15.6 Å². The van der Waals surface area contributed by atoms with Crippen LogP contribution in [0.5, 0.6) is 0 Å². The molecule has 0 saturated carbocycles. The molecular formula is C13H18N4O5. The van der Waals surface area contributed by atoms with Gasteiger partial charge in [0.2, 0.25) is 0 Å². The van der Waals surface area contributed by atoms with Crippen molar-refractivity contribution in [2.24, 2.45) is 0 Å². The second-order valence-electron chi connectivity index (χ2n) is 4.21. The number of hydrogen-bond acceptors (Lipinski definition) is 6. The predicted octanol–water partition coefficient (Wildman–Crippen LogP) is 0.284. The highest BCUT2D eigenvalue weighted by atomic mass is 16.5. The van der Waals surface area contributed by atoms with Crippen LogP contribution in [-0.2, 0) is 14.3 Å². The van der Waals surface area contributed by atoms with Crippen molar-refractivity contribution in [3.05, 3.63) is 35.4 Å². The normalized spacial score (nSPS) is 11.0. The summed E-state index contributed by atoms with van der Waals surface area (Å²) in [6.45, 7) is 1.90. The van der Waals surface area contributed by atoms with E-state index < -0.39 is 24.1 Å². The van der Waals surface area contributed by atoms with E-state index in [1.54, 1.807) is 12.1 Å². The van der Waals surface area contributed by atoms with Crippen LogP contribution in [0, 0.1) is 6.92 Å². The maximum Gasteiger partial charge on any atom is 0.425 e. The van der Waals surface area contributed by atoms with Crippen LogP contribution in [-0.4, -0.2) is 32.3 Å². The van der Waals surface area contributed by atoms with Crippen LogP contribution in [0.3, 0.4) is 0 Å². The van der Waals surface area contributed by atoms with Gasteiger partial charge in [0, 0.05) is 0 Å². The molecule has 0 aromatic heterocycles. The molecule has 0 aliphatic rings. The average Bonchev–Trinajstić information content (AvgIpc) is 2.53. The SMILES string of the molecule is COC(=O)NNC(=O)C(NNC(=O)OC)c1ccc(C)cc1. The zero-order valence-corrected chi connectivity index (χ0v) is 12.4. The highest BCUT2D eigenvalue weighted by molar-refractivity contribution is 5.85. The second-order valence-corrected chi connectivity index (χ2v) is 4.21. The number of methoxy groups -OCH3 is 2. The summed E-state index contributed by atoms with van der Waals surface area (Å²) >= 11 is 0. The van der Waals surface area contributed by atoms with Crippen molar-refractivity contribution >= 4 is 18.1 Å². The third kappa shape index (κ3) is 5.29. The lowest BCUT2D eigenvalue weighted by Gasteiger charge is -2.19. The third-order valence-electron chi connectivity index (χ3n) is 2.65. The van der Waals surface area contributed by atoms with Crippen molar-refractivity contribution in [2.45, 2.75) is 13.0 Å². The Bertz CT molecular complexity index is 532. The fourth-order valence-corrected chi connectivity index (χ4v) is 1.48. The summed E-state index contributed by atoms with van der Waals surface area (Å²) in [6, 6.07) is 6.09. The van der Waals surface area contributed by atoms with Crippen molar-refractivity contribution < 1.29 is 23.9 Å². The molecule has 120 valence electrons. The lowest BCUT2D eigenvalue weighted by molar-refractivity contribution is -0.124. The number of rotatable bonds is 4. The fourth-order valence-electron chi connectivity index (χ4n) is 1.48. The average molecular weight is 310 g/mol. The minimum absolute atomic E-state index is 0.575. The highest BCUT2D eigenvalue weighted by Crippen LogP contribution is 2.13. The number of nitrogens with one attached hydrogen (secondary N) is 4. The van der Waals surface area contributed by atoms with Gasteiger partial charge >= 0.3 is 12.2 Å². The number of aryl methyl sites for hydroxylation is 1. The molecule has 1 aromatic carbocycles. The van der Waals surface area contributed by atoms with Crippen molar-refractivity contribution in [1.29, 1.82) is 0 Å². The van der Waals surface area contributed by atoms with Crippen molar-refractivity contribution in [3.8, 4) is 0 Å². The van der Waals surface area contributed by atoms with E-state index in [9.17, 15) is 14.4 Å². The van der Waals surface area contributed by atoms with E-state index in [0.29, 0.717) is 5.56 Å². The van der Waals surface area contributed by atoms with Crippen molar-refractivity contribution in [1.82, 2.24) is 21.7 Å². The first-order chi connectivity index (χ1) is 10.5. The van der Waals surface area contributed by atoms with Gasteiger partial charge in [0.05, 0.1) is 14.2 Å². The first kappa shape index (κ1) is 17.2. The van der Waals surface area contributed by atoms with Crippen LogP contribution in [0.4, 0.5) is 9.59 Å². The molecule has 0 aliphatic carbocycles. The highest BCUT2D eigenvalue weighted by Gasteiger charge is 2.21. The predicted molar refractivity (Wildman–Crippen MR) is 76.3 cm³/mol. The number of ether oxygens (including phenoxy) is 2. The van der Waals surface area contributed by atoms with Gasteiger partial charge in [-0.25, -0.2) is 20.4 Å². The summed E-state index contributed by atoms with van der Waals surface area (Å²) < 4.78 is 8.76. The Morgan fingerprint density at radius 1 is 0.909 bits per heavy atom. The lowest BCUT2D eigenvalue weighted by Crippen LogP contribution is -2.50. The van der Waals surface area contributed by atoms with E-state index in [4.69, 9.17) is 0 Å². The summed E-state index contributed by atoms with van der Waals surface area (Å²) in [7, 11) is 2.35. The number of amides is 3. The number of carbonyl (C=O) groups excluding carboxylic acids is 3. The molecule has 1 atom stereocenters. The van der Waals surface area contributed by atoms with Gasteiger partial charge in [-0.2, -0.15) is 0 Å². The van der Waals surface area contributed by atoms with Gasteiger partial charge in [0.1, 0.15) is 6.04 Å². The number of hydrazine groups is 2. The van der Waals surface area contributed by atoms with Crippen LogP contribution in [0.25, 0.3) is 0 Å². The molecule has 0 saturated heterocycles. The van der Waals surface area contributed by atoms with Crippen molar-refractivity contribution in [3.63, 3.8) is 0 Å². The lowest BCUT2D eigenvalue weighted by atomic mass is 10.1. The van der Waals surface area contributed by atoms with Crippen LogP contribution in [0.15, 0.2) is 24.3 Å². The van der Waals surface area contributed by atoms with Crippen LogP contribution in [0.2, 0.25) is 0 Å². The molecule has 22 heavy (non-hydrogen) atoms. The van der Waals surface area contributed by atoms with Gasteiger partial charge in [-0.1, -0.05) is 29.8 Å². The molecule has 0 bridgehead atoms. The van der Waals surface area contributed by atoms with E-state index in [2.05, 4.69) is 31.2 Å². The molecule has 9 heteroatoms. The molecule has 1 aromatic rings. The zero-order valence-electron chi connectivity index (χ0n) is 12.4. The van der Waals surface area contributed by atoms with Gasteiger partial charge in [-0.15, -0.1) is 0 Å². The maximum atomic E-state index is 12.1. The Morgan fingerprint density at radius 2 is 1.45 bits per heavy atom. The second kappa shape index (κ2) is 8.47. The van der Waals surface area contributed by atoms with E-state index in [1.807, 2.05) is 19.1 Å². The summed E-state index contributed by atoms with van der Waals surface area (Å²) in [5.41, 5.74) is 10.5. The molecule has 3 amide bonds. The first-order valence-electron chi connectivity index (χ1n) is 6.27. The first-order valence-corrected chi connectivity index (χ1v) is 6.27. The van der Waals surface area contributed by atoms with Gasteiger partial charge in [0.25, 0.3) is 5.91 Å². The standard InChI is InChI=1S/C13H18N4O5/c1-8-4-6-9(7-5-8)10(14-16-12(19)21-2)11(18)15-17-13(20)22-3/h4-7,10,14H,1-3H3,(H,15,18)(H,16,19)(H,17,20). The summed E-state index contributed by atoms with van der Waals surface area (Å²) in [4.78, 5) is 34.2. The fraction of sp³-hybridized carbons (Fsp3) is 0.308. The Kier molecular flexibility index (Phi) is 6.64. The van der Waals surface area contributed by atoms with E-state index in [0.717, 1.165) is 12.7 Å². The number of hydrogen-bond donors (Lipinski definition) is 4. The Balaban J connectivity index is 2.80. The molecule has 0 aliphatic heterocycles. The van der Waals surface area contributed by atoms with E-state index >= 15 is 0 Å². The smallest absolute Gasteiger partial charge is 0.425 e. The zero-order chi connectivity index (χ0) is 16.5. The Labute approximate surface area is 127 Å². The third-order valence-corrected chi connectivity index (χ3v) is 2.65. The molecule has 0 heterocycles. The number of benzene rings is 1. The largest absolute Gasteiger partial charge is 0.452 e. The molecule has 1 rings (SSSR count).